The highest BCUT2D eigenvalue weighted by atomic mass is 15.3. The number of hydrogen-bond acceptors (Lipinski definition) is 2. The Hall–Kier alpha value is -0.770. The average molecular weight is 268 g/mol. The summed E-state index contributed by atoms with van der Waals surface area (Å²) in [6, 6.07) is 0. The molecule has 1 heterocycles. The molecule has 4 heteroatoms. The molecule has 0 aromatic heterocycles. The topological polar surface area (TPSA) is 30.9 Å². The first-order chi connectivity index (χ1) is 9.21. The van der Waals surface area contributed by atoms with Crippen LogP contribution < -0.4 is 5.32 Å². The van der Waals surface area contributed by atoms with Gasteiger partial charge in [0.2, 0.25) is 0 Å². The van der Waals surface area contributed by atoms with Crippen LogP contribution in [-0.4, -0.2) is 62.1 Å². The number of rotatable bonds is 7. The van der Waals surface area contributed by atoms with Gasteiger partial charge in [0.25, 0.3) is 0 Å². The van der Waals surface area contributed by atoms with Gasteiger partial charge in [-0.05, 0) is 38.8 Å². The van der Waals surface area contributed by atoms with Crippen LogP contribution in [0.15, 0.2) is 4.99 Å². The Labute approximate surface area is 119 Å². The fourth-order valence-corrected chi connectivity index (χ4v) is 2.54. The number of likely N-dealkylation sites (tertiary alicyclic amines) is 1. The molecule has 1 fully saturated rings. The van der Waals surface area contributed by atoms with Crippen molar-refractivity contribution in [1.82, 2.24) is 15.1 Å². The Morgan fingerprint density at radius 3 is 2.74 bits per heavy atom. The smallest absolute Gasteiger partial charge is 0.193 e. The number of nitrogens with one attached hydrogen (secondary N) is 1. The van der Waals surface area contributed by atoms with E-state index in [0.717, 1.165) is 31.5 Å². The predicted octanol–water partition coefficient (Wildman–Crippen LogP) is 2.03. The Bertz CT molecular complexity index is 265. The third-order valence-corrected chi connectivity index (χ3v) is 3.86. The number of aliphatic imine (C=N–C) groups is 1. The third-order valence-electron chi connectivity index (χ3n) is 3.86. The molecule has 0 amide bonds. The van der Waals surface area contributed by atoms with Crippen molar-refractivity contribution >= 4 is 5.96 Å². The van der Waals surface area contributed by atoms with E-state index in [1.54, 1.807) is 0 Å². The molecule has 4 nitrogen and oxygen atoms in total. The second-order valence-corrected chi connectivity index (χ2v) is 5.52. The van der Waals surface area contributed by atoms with Crippen molar-refractivity contribution in [2.75, 3.05) is 46.3 Å². The number of guanidine groups is 1. The molecule has 0 bridgehead atoms. The maximum Gasteiger partial charge on any atom is 0.193 e. The van der Waals surface area contributed by atoms with Crippen LogP contribution in [-0.2, 0) is 0 Å². The van der Waals surface area contributed by atoms with Crippen molar-refractivity contribution in [3.05, 3.63) is 0 Å². The van der Waals surface area contributed by atoms with Gasteiger partial charge < -0.3 is 15.1 Å². The molecule has 0 radical (unpaired) electrons. The molecule has 1 unspecified atom stereocenters. The molecule has 1 atom stereocenters. The van der Waals surface area contributed by atoms with E-state index >= 15 is 0 Å². The zero-order valence-electron chi connectivity index (χ0n) is 13.3. The van der Waals surface area contributed by atoms with E-state index in [4.69, 9.17) is 4.99 Å². The van der Waals surface area contributed by atoms with E-state index < -0.39 is 0 Å². The summed E-state index contributed by atoms with van der Waals surface area (Å²) in [6.07, 6.45) is 3.77. The van der Waals surface area contributed by atoms with Crippen LogP contribution in [0.1, 0.15) is 40.0 Å². The zero-order chi connectivity index (χ0) is 14.1. The minimum Gasteiger partial charge on any atom is -0.357 e. The van der Waals surface area contributed by atoms with Gasteiger partial charge in [0.05, 0.1) is 0 Å². The van der Waals surface area contributed by atoms with Crippen LogP contribution in [0.3, 0.4) is 0 Å². The molecule has 0 spiro atoms. The maximum atomic E-state index is 4.82. The highest BCUT2D eigenvalue weighted by Crippen LogP contribution is 2.15. The first kappa shape index (κ1) is 16.3. The average Bonchev–Trinajstić information content (AvgIpc) is 2.88. The van der Waals surface area contributed by atoms with Crippen molar-refractivity contribution in [2.24, 2.45) is 10.9 Å². The van der Waals surface area contributed by atoms with Gasteiger partial charge in [0, 0.05) is 33.2 Å². The summed E-state index contributed by atoms with van der Waals surface area (Å²) in [4.78, 5) is 9.61. The molecule has 0 aliphatic carbocycles. The van der Waals surface area contributed by atoms with Crippen LogP contribution in [0.25, 0.3) is 0 Å². The lowest BCUT2D eigenvalue weighted by Crippen LogP contribution is -2.39. The monoisotopic (exact) mass is 268 g/mol. The van der Waals surface area contributed by atoms with Gasteiger partial charge in [0.1, 0.15) is 0 Å². The van der Waals surface area contributed by atoms with Gasteiger partial charge in [-0.2, -0.15) is 0 Å². The van der Waals surface area contributed by atoms with E-state index in [0.29, 0.717) is 0 Å². The van der Waals surface area contributed by atoms with Gasteiger partial charge in [-0.15, -0.1) is 0 Å². The van der Waals surface area contributed by atoms with E-state index in [2.05, 4.69) is 42.9 Å². The molecule has 0 aromatic carbocycles. The molecule has 112 valence electrons. The third kappa shape index (κ3) is 5.81. The second-order valence-electron chi connectivity index (χ2n) is 5.52. The van der Waals surface area contributed by atoms with Crippen molar-refractivity contribution in [3.8, 4) is 0 Å². The van der Waals surface area contributed by atoms with Crippen LogP contribution >= 0.6 is 0 Å². The van der Waals surface area contributed by atoms with E-state index in [-0.39, 0.29) is 0 Å². The maximum absolute atomic E-state index is 4.82. The van der Waals surface area contributed by atoms with Gasteiger partial charge in [-0.1, -0.05) is 20.3 Å². The summed E-state index contributed by atoms with van der Waals surface area (Å²) in [7, 11) is 2.14. The Balaban J connectivity index is 2.43. The highest BCUT2D eigenvalue weighted by Gasteiger charge is 2.20. The van der Waals surface area contributed by atoms with Crippen molar-refractivity contribution < 1.29 is 0 Å². The lowest BCUT2D eigenvalue weighted by molar-refractivity contribution is 0.343. The van der Waals surface area contributed by atoms with Gasteiger partial charge in [-0.3, -0.25) is 4.99 Å². The lowest BCUT2D eigenvalue weighted by atomic mass is 10.1. The molecule has 1 saturated heterocycles. The fourth-order valence-electron chi connectivity index (χ4n) is 2.54. The first-order valence-electron chi connectivity index (χ1n) is 7.93. The molecule has 0 saturated carbocycles. The predicted molar refractivity (Wildman–Crippen MR) is 83.7 cm³/mol. The summed E-state index contributed by atoms with van der Waals surface area (Å²) < 4.78 is 0. The number of hydrogen-bond donors (Lipinski definition) is 1. The van der Waals surface area contributed by atoms with Crippen molar-refractivity contribution in [3.63, 3.8) is 0 Å². The van der Waals surface area contributed by atoms with E-state index in [1.807, 2.05) is 0 Å². The second kappa shape index (κ2) is 9.18. The molecule has 1 aliphatic heterocycles. The van der Waals surface area contributed by atoms with E-state index in [1.165, 1.54) is 38.9 Å². The first-order valence-corrected chi connectivity index (χ1v) is 7.93. The van der Waals surface area contributed by atoms with Crippen LogP contribution in [0.5, 0.6) is 0 Å². The zero-order valence-corrected chi connectivity index (χ0v) is 13.3. The SMILES string of the molecule is CCCCN(C)C(=NCC1CCN(CC)C1)NCC. The van der Waals surface area contributed by atoms with Crippen molar-refractivity contribution in [1.29, 1.82) is 0 Å². The lowest BCUT2D eigenvalue weighted by Gasteiger charge is -2.22. The Kier molecular flexibility index (Phi) is 7.87. The summed E-state index contributed by atoms with van der Waals surface area (Å²) in [6.45, 7) is 13.3. The number of unbranched alkanes of at least 4 members (excludes halogenated alkanes) is 1. The van der Waals surface area contributed by atoms with Gasteiger partial charge in [-0.25, -0.2) is 0 Å². The molecule has 1 N–H and O–H groups in total. The minimum absolute atomic E-state index is 0.744. The molecule has 0 aromatic rings. The number of nitrogens with zero attached hydrogens (tertiary/aromatic N) is 3. The van der Waals surface area contributed by atoms with Crippen LogP contribution in [0.4, 0.5) is 0 Å². The standard InChI is InChI=1S/C15H32N4/c1-5-8-10-18(4)15(16-6-2)17-12-14-9-11-19(7-3)13-14/h14H,5-13H2,1-4H3,(H,16,17). The Morgan fingerprint density at radius 1 is 1.37 bits per heavy atom. The molecular formula is C15H32N4. The summed E-state index contributed by atoms with van der Waals surface area (Å²) in [5.74, 6) is 1.82. The quantitative estimate of drug-likeness (QED) is 0.566. The Morgan fingerprint density at radius 2 is 2.16 bits per heavy atom. The molecule has 1 rings (SSSR count). The largest absolute Gasteiger partial charge is 0.357 e. The summed E-state index contributed by atoms with van der Waals surface area (Å²) >= 11 is 0. The van der Waals surface area contributed by atoms with Gasteiger partial charge in [0.15, 0.2) is 5.96 Å². The highest BCUT2D eigenvalue weighted by molar-refractivity contribution is 5.79. The van der Waals surface area contributed by atoms with Crippen molar-refractivity contribution in [2.45, 2.75) is 40.0 Å². The van der Waals surface area contributed by atoms with Crippen LogP contribution in [0, 0.1) is 5.92 Å². The van der Waals surface area contributed by atoms with Crippen LogP contribution in [0.2, 0.25) is 0 Å². The fraction of sp³-hybridized carbons (Fsp3) is 0.933. The van der Waals surface area contributed by atoms with E-state index in [9.17, 15) is 0 Å². The minimum atomic E-state index is 0.744. The van der Waals surface area contributed by atoms with Gasteiger partial charge >= 0.3 is 0 Å². The summed E-state index contributed by atoms with van der Waals surface area (Å²) in [5, 5.41) is 3.40. The molecule has 1 aliphatic rings. The summed E-state index contributed by atoms with van der Waals surface area (Å²) in [5.41, 5.74) is 0. The molecular weight excluding hydrogens is 236 g/mol. The molecule has 19 heavy (non-hydrogen) atoms. The normalized spacial score (nSPS) is 20.8.